The molecule has 0 aliphatic rings. The lowest BCUT2D eigenvalue weighted by atomic mass is 9.92. The molecule has 3 nitrogen and oxygen atoms in total. The molecule has 0 fully saturated rings. The first-order valence-electron chi connectivity index (χ1n) is 4.83. The zero-order chi connectivity index (χ0) is 10.9. The quantitative estimate of drug-likeness (QED) is 0.604. The highest BCUT2D eigenvalue weighted by atomic mass is 31.1. The van der Waals surface area contributed by atoms with Gasteiger partial charge in [0.05, 0.1) is 17.3 Å². The average Bonchev–Trinajstić information content (AvgIpc) is 2.22. The molecule has 0 aliphatic carbocycles. The van der Waals surface area contributed by atoms with Crippen LogP contribution < -0.4 is 0 Å². The van der Waals surface area contributed by atoms with Crippen LogP contribution in [0.3, 0.4) is 0 Å². The number of nitriles is 2. The first kappa shape index (κ1) is 13.1. The number of nitrogens with zero attached hydrogens (tertiary/aromatic N) is 2. The van der Waals surface area contributed by atoms with Crippen LogP contribution in [0, 0.1) is 22.7 Å². The summed E-state index contributed by atoms with van der Waals surface area (Å²) >= 11 is 0. The van der Waals surface area contributed by atoms with Crippen molar-refractivity contribution in [2.75, 3.05) is 0 Å². The van der Waals surface area contributed by atoms with Gasteiger partial charge < -0.3 is 0 Å². The highest BCUT2D eigenvalue weighted by Crippen LogP contribution is 2.37. The van der Waals surface area contributed by atoms with Gasteiger partial charge in [-0.25, -0.2) is 0 Å². The Labute approximate surface area is 86.9 Å². The van der Waals surface area contributed by atoms with Crippen LogP contribution in [0.1, 0.15) is 45.4 Å². The molecule has 0 aromatic rings. The molecule has 0 unspecified atom stereocenters. The third kappa shape index (κ3) is 4.35. The Hall–Kier alpha value is -0.920. The lowest BCUT2D eigenvalue weighted by Crippen LogP contribution is -2.21. The molecule has 0 saturated heterocycles. The predicted molar refractivity (Wildman–Crippen MR) is 54.9 cm³/mol. The molecule has 0 amide bonds. The van der Waals surface area contributed by atoms with E-state index < -0.39 is 0 Å². The predicted octanol–water partition coefficient (Wildman–Crippen LogP) is 3.42. The van der Waals surface area contributed by atoms with Crippen molar-refractivity contribution in [1.82, 2.24) is 0 Å². The van der Waals surface area contributed by atoms with Gasteiger partial charge in [0.25, 0.3) is 0 Å². The van der Waals surface area contributed by atoms with E-state index in [-0.39, 0.29) is 13.6 Å². The van der Waals surface area contributed by atoms with E-state index in [1.165, 1.54) is 0 Å². The second-order valence-electron chi connectivity index (χ2n) is 3.38. The lowest BCUT2D eigenvalue weighted by molar-refractivity contribution is 0.448. The molecule has 0 radical (unpaired) electrons. The van der Waals surface area contributed by atoms with Crippen molar-refractivity contribution >= 4 is 8.46 Å². The van der Waals surface area contributed by atoms with Crippen LogP contribution in [-0.2, 0) is 4.57 Å². The van der Waals surface area contributed by atoms with Gasteiger partial charge in [0.15, 0.2) is 8.46 Å². The van der Waals surface area contributed by atoms with E-state index in [9.17, 15) is 4.57 Å². The van der Waals surface area contributed by atoms with Gasteiger partial charge in [-0.2, -0.15) is 10.5 Å². The van der Waals surface area contributed by atoms with Crippen LogP contribution in [-0.4, -0.2) is 5.16 Å². The van der Waals surface area contributed by atoms with E-state index in [0.29, 0.717) is 25.7 Å². The van der Waals surface area contributed by atoms with Gasteiger partial charge in [-0.05, 0) is 19.3 Å². The van der Waals surface area contributed by atoms with Crippen LogP contribution >= 0.6 is 8.46 Å². The van der Waals surface area contributed by atoms with Crippen molar-refractivity contribution in [3.05, 3.63) is 0 Å². The molecule has 0 heterocycles. The minimum absolute atomic E-state index is 0.0815. The summed E-state index contributed by atoms with van der Waals surface area (Å²) in [5.41, 5.74) is 0. The Kier molecular flexibility index (Phi) is 6.99. The standard InChI is InChI=1S/C10H15N2OP/c1-2-5-10(14-13,6-3-8-11)7-4-9-12/h2-7H2,1H3. The fraction of sp³-hybridized carbons (Fsp3) is 0.800. The molecule has 0 aromatic heterocycles. The number of hydrogen-bond acceptors (Lipinski definition) is 3. The smallest absolute Gasteiger partial charge is 0.162 e. The molecule has 0 rings (SSSR count). The Bertz CT molecular complexity index is 234. The number of rotatable bonds is 7. The molecule has 0 N–H and O–H groups in total. The van der Waals surface area contributed by atoms with E-state index in [2.05, 4.69) is 12.1 Å². The monoisotopic (exact) mass is 210 g/mol. The second-order valence-corrected chi connectivity index (χ2v) is 4.51. The van der Waals surface area contributed by atoms with Gasteiger partial charge in [0.1, 0.15) is 0 Å². The van der Waals surface area contributed by atoms with E-state index in [0.717, 1.165) is 12.8 Å². The Balaban J connectivity index is 4.36. The molecule has 0 bridgehead atoms. The van der Waals surface area contributed by atoms with Crippen molar-refractivity contribution in [3.8, 4) is 12.1 Å². The van der Waals surface area contributed by atoms with Crippen LogP contribution in [0.4, 0.5) is 0 Å². The van der Waals surface area contributed by atoms with Crippen LogP contribution in [0.15, 0.2) is 0 Å². The van der Waals surface area contributed by atoms with Gasteiger partial charge in [-0.1, -0.05) is 13.3 Å². The van der Waals surface area contributed by atoms with Gasteiger partial charge in [0.2, 0.25) is 0 Å². The molecule has 0 aromatic carbocycles. The summed E-state index contributed by atoms with van der Waals surface area (Å²) in [6.07, 6.45) is 3.85. The summed E-state index contributed by atoms with van der Waals surface area (Å²) in [5, 5.41) is 16.7. The van der Waals surface area contributed by atoms with E-state index in [1.807, 2.05) is 6.92 Å². The van der Waals surface area contributed by atoms with Crippen molar-refractivity contribution in [3.63, 3.8) is 0 Å². The molecule has 76 valence electrons. The first-order chi connectivity index (χ1) is 6.74. The highest BCUT2D eigenvalue weighted by Gasteiger charge is 2.29. The summed E-state index contributed by atoms with van der Waals surface area (Å²) < 4.78 is 11.1. The van der Waals surface area contributed by atoms with Gasteiger partial charge in [-0.15, -0.1) is 0 Å². The Morgan fingerprint density at radius 2 is 1.64 bits per heavy atom. The molecule has 0 atom stereocenters. The highest BCUT2D eigenvalue weighted by molar-refractivity contribution is 7.26. The molecular weight excluding hydrogens is 195 g/mol. The maximum Gasteiger partial charge on any atom is 0.162 e. The third-order valence-corrected chi connectivity index (χ3v) is 3.37. The SMILES string of the molecule is CCCC(CCC#N)(CCC#N)P=O. The maximum atomic E-state index is 11.1. The minimum Gasteiger partial charge on any atom is -0.274 e. The molecular formula is C10H15N2OP. The van der Waals surface area contributed by atoms with E-state index in [1.54, 1.807) is 0 Å². The number of hydrogen-bond donors (Lipinski definition) is 0. The summed E-state index contributed by atoms with van der Waals surface area (Å²) in [6, 6.07) is 4.13. The Morgan fingerprint density at radius 3 is 1.93 bits per heavy atom. The summed E-state index contributed by atoms with van der Waals surface area (Å²) in [6.45, 7) is 2.03. The van der Waals surface area contributed by atoms with Crippen molar-refractivity contribution in [2.24, 2.45) is 0 Å². The zero-order valence-electron chi connectivity index (χ0n) is 8.49. The largest absolute Gasteiger partial charge is 0.274 e. The van der Waals surface area contributed by atoms with Gasteiger partial charge in [-0.3, -0.25) is 4.57 Å². The molecule has 0 saturated carbocycles. The van der Waals surface area contributed by atoms with Gasteiger partial charge >= 0.3 is 0 Å². The fourth-order valence-electron chi connectivity index (χ4n) is 1.55. The Morgan fingerprint density at radius 1 is 1.14 bits per heavy atom. The molecule has 4 heteroatoms. The zero-order valence-corrected chi connectivity index (χ0v) is 9.39. The second kappa shape index (κ2) is 7.48. The van der Waals surface area contributed by atoms with Crippen molar-refractivity contribution in [1.29, 1.82) is 10.5 Å². The van der Waals surface area contributed by atoms with Crippen molar-refractivity contribution in [2.45, 2.75) is 50.6 Å². The van der Waals surface area contributed by atoms with Gasteiger partial charge in [0, 0.05) is 12.8 Å². The fourth-order valence-corrected chi connectivity index (χ4v) is 2.28. The van der Waals surface area contributed by atoms with E-state index in [4.69, 9.17) is 10.5 Å². The van der Waals surface area contributed by atoms with Crippen molar-refractivity contribution < 1.29 is 4.57 Å². The summed E-state index contributed by atoms with van der Waals surface area (Å²) in [4.78, 5) is 0. The maximum absolute atomic E-state index is 11.1. The van der Waals surface area contributed by atoms with Crippen LogP contribution in [0.2, 0.25) is 0 Å². The topological polar surface area (TPSA) is 64.7 Å². The van der Waals surface area contributed by atoms with E-state index >= 15 is 0 Å². The molecule has 0 spiro atoms. The molecule has 0 aliphatic heterocycles. The normalized spacial score (nSPS) is 10.8. The summed E-state index contributed by atoms with van der Waals surface area (Å²) in [5.74, 6) is 0. The van der Waals surface area contributed by atoms with Crippen LogP contribution in [0.25, 0.3) is 0 Å². The average molecular weight is 210 g/mol. The lowest BCUT2D eigenvalue weighted by Gasteiger charge is -2.24. The minimum atomic E-state index is -0.333. The van der Waals surface area contributed by atoms with Crippen LogP contribution in [0.5, 0.6) is 0 Å². The third-order valence-electron chi connectivity index (χ3n) is 2.31. The first-order valence-corrected chi connectivity index (χ1v) is 5.64. The summed E-state index contributed by atoms with van der Waals surface area (Å²) in [7, 11) is 0.0815. The molecule has 14 heavy (non-hydrogen) atoms.